The average molecular weight is 480 g/mol. The highest BCUT2D eigenvalue weighted by atomic mass is 127. The number of likely N-dealkylation sites (tertiary alicyclic amines) is 1. The van der Waals surface area contributed by atoms with Crippen LogP contribution in [-0.4, -0.2) is 43.6 Å². The standard InChI is InChI=1S/C22H32N4.HI/c1-3-4-14-26-15-12-20(13-16-26)25-22(23-2)24-17-19-10-7-9-18-8-5-6-11-21(18)19;/h5-11,20H,3-4,12-17H2,1-2H3,(H2,23,24,25);1H. The predicted molar refractivity (Wildman–Crippen MR) is 127 cm³/mol. The monoisotopic (exact) mass is 480 g/mol. The van der Waals surface area contributed by atoms with Crippen LogP contribution in [0.5, 0.6) is 0 Å². The number of hydrogen-bond donors (Lipinski definition) is 2. The third kappa shape index (κ3) is 6.35. The van der Waals surface area contributed by atoms with E-state index in [9.17, 15) is 0 Å². The number of fused-ring (bicyclic) bond motifs is 1. The molecule has 4 nitrogen and oxygen atoms in total. The quantitative estimate of drug-likeness (QED) is 0.366. The maximum Gasteiger partial charge on any atom is 0.191 e. The van der Waals surface area contributed by atoms with Gasteiger partial charge in [0.25, 0.3) is 0 Å². The van der Waals surface area contributed by atoms with Crippen molar-refractivity contribution in [2.45, 2.75) is 45.2 Å². The van der Waals surface area contributed by atoms with E-state index in [2.05, 4.69) is 69.9 Å². The van der Waals surface area contributed by atoms with E-state index in [1.165, 1.54) is 61.7 Å². The topological polar surface area (TPSA) is 39.7 Å². The van der Waals surface area contributed by atoms with Crippen molar-refractivity contribution in [3.8, 4) is 0 Å². The zero-order chi connectivity index (χ0) is 18.2. The SMILES string of the molecule is CCCCN1CCC(NC(=NC)NCc2cccc3ccccc23)CC1.I. The van der Waals surface area contributed by atoms with E-state index in [0.29, 0.717) is 6.04 Å². The van der Waals surface area contributed by atoms with Crippen LogP contribution < -0.4 is 10.6 Å². The normalized spacial score (nSPS) is 16.1. The van der Waals surface area contributed by atoms with E-state index in [4.69, 9.17) is 0 Å². The van der Waals surface area contributed by atoms with Gasteiger partial charge in [0, 0.05) is 32.7 Å². The van der Waals surface area contributed by atoms with Gasteiger partial charge in [0.15, 0.2) is 5.96 Å². The van der Waals surface area contributed by atoms with Gasteiger partial charge in [-0.2, -0.15) is 0 Å². The van der Waals surface area contributed by atoms with Gasteiger partial charge >= 0.3 is 0 Å². The van der Waals surface area contributed by atoms with Crippen molar-refractivity contribution in [3.05, 3.63) is 48.0 Å². The van der Waals surface area contributed by atoms with Crippen molar-refractivity contribution in [2.24, 2.45) is 4.99 Å². The summed E-state index contributed by atoms with van der Waals surface area (Å²) in [5.41, 5.74) is 1.31. The molecule has 148 valence electrons. The van der Waals surface area contributed by atoms with E-state index < -0.39 is 0 Å². The second kappa shape index (κ2) is 11.5. The second-order valence-corrected chi connectivity index (χ2v) is 7.18. The van der Waals surface area contributed by atoms with Gasteiger partial charge in [0.1, 0.15) is 0 Å². The summed E-state index contributed by atoms with van der Waals surface area (Å²) in [4.78, 5) is 7.02. The lowest BCUT2D eigenvalue weighted by atomic mass is 10.0. The minimum atomic E-state index is 0. The number of piperidine rings is 1. The van der Waals surface area contributed by atoms with Gasteiger partial charge in [-0.25, -0.2) is 0 Å². The van der Waals surface area contributed by atoms with Crippen LogP contribution in [0, 0.1) is 0 Å². The van der Waals surface area contributed by atoms with Crippen LogP contribution in [0.1, 0.15) is 38.2 Å². The molecule has 2 aromatic rings. The Morgan fingerprint density at radius 3 is 2.59 bits per heavy atom. The second-order valence-electron chi connectivity index (χ2n) is 7.18. The number of halogens is 1. The van der Waals surface area contributed by atoms with Crippen molar-refractivity contribution in [1.29, 1.82) is 0 Å². The van der Waals surface area contributed by atoms with Crippen LogP contribution in [0.4, 0.5) is 0 Å². The Morgan fingerprint density at radius 1 is 1.11 bits per heavy atom. The van der Waals surface area contributed by atoms with E-state index in [-0.39, 0.29) is 24.0 Å². The lowest BCUT2D eigenvalue weighted by molar-refractivity contribution is 0.203. The summed E-state index contributed by atoms with van der Waals surface area (Å²) in [6.07, 6.45) is 4.98. The molecule has 0 spiro atoms. The van der Waals surface area contributed by atoms with Crippen LogP contribution in [0.25, 0.3) is 10.8 Å². The number of unbranched alkanes of at least 4 members (excludes halogenated alkanes) is 1. The van der Waals surface area contributed by atoms with Crippen molar-refractivity contribution in [3.63, 3.8) is 0 Å². The first-order valence-corrected chi connectivity index (χ1v) is 9.96. The van der Waals surface area contributed by atoms with Gasteiger partial charge in [-0.05, 0) is 42.1 Å². The fourth-order valence-corrected chi connectivity index (χ4v) is 3.70. The van der Waals surface area contributed by atoms with E-state index in [0.717, 1.165) is 12.5 Å². The van der Waals surface area contributed by atoms with Crippen molar-refractivity contribution in [2.75, 3.05) is 26.7 Å². The first-order valence-electron chi connectivity index (χ1n) is 9.96. The van der Waals surface area contributed by atoms with Crippen LogP contribution >= 0.6 is 24.0 Å². The molecule has 0 bridgehead atoms. The van der Waals surface area contributed by atoms with Crippen LogP contribution in [0.15, 0.2) is 47.5 Å². The van der Waals surface area contributed by atoms with Gasteiger partial charge in [-0.1, -0.05) is 55.8 Å². The summed E-state index contributed by atoms with van der Waals surface area (Å²) in [7, 11) is 1.86. The zero-order valence-corrected chi connectivity index (χ0v) is 18.9. The first kappa shape index (κ1) is 22.0. The van der Waals surface area contributed by atoms with E-state index in [1.54, 1.807) is 0 Å². The van der Waals surface area contributed by atoms with Gasteiger partial charge in [-0.15, -0.1) is 24.0 Å². The Balaban J connectivity index is 0.00000261. The number of aliphatic imine (C=N–C) groups is 1. The molecule has 1 heterocycles. The van der Waals surface area contributed by atoms with Crippen LogP contribution in [0.2, 0.25) is 0 Å². The molecule has 0 radical (unpaired) electrons. The summed E-state index contributed by atoms with van der Waals surface area (Å²) < 4.78 is 0. The molecule has 5 heteroatoms. The molecule has 0 unspecified atom stereocenters. The highest BCUT2D eigenvalue weighted by molar-refractivity contribution is 14.0. The molecule has 0 amide bonds. The summed E-state index contributed by atoms with van der Waals surface area (Å²) >= 11 is 0. The summed E-state index contributed by atoms with van der Waals surface area (Å²) in [5, 5.41) is 9.70. The van der Waals surface area contributed by atoms with Crippen LogP contribution in [0.3, 0.4) is 0 Å². The fraction of sp³-hybridized carbons (Fsp3) is 0.500. The average Bonchev–Trinajstić information content (AvgIpc) is 2.70. The smallest absolute Gasteiger partial charge is 0.191 e. The molecule has 0 aromatic heterocycles. The first-order chi connectivity index (χ1) is 12.8. The third-order valence-corrected chi connectivity index (χ3v) is 5.31. The Bertz CT molecular complexity index is 718. The lowest BCUT2D eigenvalue weighted by Gasteiger charge is -2.33. The Kier molecular flexibility index (Phi) is 9.34. The molecule has 1 aliphatic heterocycles. The number of nitrogens with one attached hydrogen (secondary N) is 2. The minimum Gasteiger partial charge on any atom is -0.354 e. The number of rotatable bonds is 6. The maximum absolute atomic E-state index is 4.43. The molecule has 1 aliphatic rings. The molecular weight excluding hydrogens is 447 g/mol. The highest BCUT2D eigenvalue weighted by Gasteiger charge is 2.19. The Labute approximate surface area is 180 Å². The molecule has 1 saturated heterocycles. The molecule has 1 fully saturated rings. The van der Waals surface area contributed by atoms with Gasteiger partial charge in [-0.3, -0.25) is 4.99 Å². The van der Waals surface area contributed by atoms with E-state index in [1.807, 2.05) is 7.05 Å². The molecule has 27 heavy (non-hydrogen) atoms. The number of guanidine groups is 1. The summed E-state index contributed by atoms with van der Waals surface area (Å²) in [5.74, 6) is 0.907. The Morgan fingerprint density at radius 2 is 1.85 bits per heavy atom. The summed E-state index contributed by atoms with van der Waals surface area (Å²) in [6.45, 7) is 6.68. The molecule has 0 aliphatic carbocycles. The van der Waals surface area contributed by atoms with Crippen LogP contribution in [-0.2, 0) is 6.54 Å². The van der Waals surface area contributed by atoms with Gasteiger partial charge < -0.3 is 15.5 Å². The number of benzene rings is 2. The van der Waals surface area contributed by atoms with Crippen molar-refractivity contribution < 1.29 is 0 Å². The molecule has 2 N–H and O–H groups in total. The summed E-state index contributed by atoms with van der Waals surface area (Å²) in [6, 6.07) is 15.5. The molecule has 0 atom stereocenters. The zero-order valence-electron chi connectivity index (χ0n) is 16.6. The third-order valence-electron chi connectivity index (χ3n) is 5.31. The molecule has 2 aromatic carbocycles. The predicted octanol–water partition coefficient (Wildman–Crippen LogP) is 4.39. The Hall–Kier alpha value is -1.34. The van der Waals surface area contributed by atoms with Gasteiger partial charge in [0.2, 0.25) is 0 Å². The molecular formula is C22H33IN4. The van der Waals surface area contributed by atoms with Crippen molar-refractivity contribution >= 4 is 40.7 Å². The molecule has 3 rings (SSSR count). The minimum absolute atomic E-state index is 0. The fourth-order valence-electron chi connectivity index (χ4n) is 3.70. The van der Waals surface area contributed by atoms with E-state index >= 15 is 0 Å². The highest BCUT2D eigenvalue weighted by Crippen LogP contribution is 2.18. The molecule has 0 saturated carbocycles. The van der Waals surface area contributed by atoms with Gasteiger partial charge in [0.05, 0.1) is 0 Å². The number of hydrogen-bond acceptors (Lipinski definition) is 2. The largest absolute Gasteiger partial charge is 0.354 e. The van der Waals surface area contributed by atoms with Crippen molar-refractivity contribution in [1.82, 2.24) is 15.5 Å². The number of nitrogens with zero attached hydrogens (tertiary/aromatic N) is 2. The maximum atomic E-state index is 4.43. The lowest BCUT2D eigenvalue weighted by Crippen LogP contribution is -2.48.